The van der Waals surface area contributed by atoms with Crippen molar-refractivity contribution < 1.29 is 27.9 Å². The smallest absolute Gasteiger partial charge is 0.374 e. The van der Waals surface area contributed by atoms with E-state index in [-0.39, 0.29) is 30.6 Å². The highest BCUT2D eigenvalue weighted by atomic mass is 16.5. The van der Waals surface area contributed by atoms with Crippen LogP contribution in [0.3, 0.4) is 0 Å². The molecule has 2 aromatic rings. The number of carbonyl (C=O) groups excluding carboxylic acids is 2. The fraction of sp³-hybridized carbons (Fsp3) is 0.267. The van der Waals surface area contributed by atoms with Crippen molar-refractivity contribution in [1.82, 2.24) is 0 Å². The lowest BCUT2D eigenvalue weighted by Crippen LogP contribution is -2.02. The minimum Gasteiger partial charge on any atom is -0.460 e. The summed E-state index contributed by atoms with van der Waals surface area (Å²) in [6.45, 7) is 3.95. The first-order valence-corrected chi connectivity index (χ1v) is 6.72. The maximum Gasteiger partial charge on any atom is 0.374 e. The molecule has 116 valence electrons. The third-order valence-corrected chi connectivity index (χ3v) is 2.49. The summed E-state index contributed by atoms with van der Waals surface area (Å²) in [6, 6.07) is 6.06. The normalized spacial score (nSPS) is 10.8. The minimum absolute atomic E-state index is 0.0701. The van der Waals surface area contributed by atoms with Crippen LogP contribution in [0.15, 0.2) is 38.1 Å². The van der Waals surface area contributed by atoms with Crippen LogP contribution in [0.4, 0.5) is 5.88 Å². The van der Waals surface area contributed by atoms with Crippen LogP contribution in [0.1, 0.15) is 40.7 Å². The quantitative estimate of drug-likeness (QED) is 0.602. The average molecular weight is 305 g/mol. The van der Waals surface area contributed by atoms with Crippen LogP contribution < -0.4 is 0 Å². The van der Waals surface area contributed by atoms with Crippen LogP contribution in [0, 0.1) is 0 Å². The van der Waals surface area contributed by atoms with Crippen LogP contribution >= 0.6 is 0 Å². The van der Waals surface area contributed by atoms with E-state index in [1.54, 1.807) is 19.9 Å². The first-order chi connectivity index (χ1) is 10.6. The summed E-state index contributed by atoms with van der Waals surface area (Å²) in [5, 5.41) is 0. The Balaban J connectivity index is 2.03. The van der Waals surface area contributed by atoms with Crippen molar-refractivity contribution in [2.75, 3.05) is 13.2 Å². The third kappa shape index (κ3) is 3.85. The van der Waals surface area contributed by atoms with Crippen LogP contribution in [-0.4, -0.2) is 31.4 Å². The van der Waals surface area contributed by atoms with Gasteiger partial charge in [-0.1, -0.05) is 0 Å². The molecule has 0 spiro atoms. The predicted molar refractivity (Wildman–Crippen MR) is 76.6 cm³/mol. The number of aliphatic imine (C=N–C) groups is 1. The van der Waals surface area contributed by atoms with E-state index >= 15 is 0 Å². The second kappa shape index (κ2) is 7.26. The fourth-order valence-corrected chi connectivity index (χ4v) is 1.57. The number of carbonyl (C=O) groups is 2. The van der Waals surface area contributed by atoms with E-state index in [2.05, 4.69) is 4.99 Å². The molecule has 0 bridgehead atoms. The molecule has 2 heterocycles. The molecule has 0 aliphatic rings. The Hall–Kier alpha value is -2.83. The standard InChI is InChI=1S/C15H15NO6/c1-3-19-14(17)11-6-5-10(21-11)9-16-13-8-7-12(22-13)15(18)20-4-2/h5-9H,3-4H2,1-2H3/b16-9+. The Labute approximate surface area is 126 Å². The maximum atomic E-state index is 11.4. The zero-order valence-corrected chi connectivity index (χ0v) is 12.2. The molecule has 2 rings (SSSR count). The van der Waals surface area contributed by atoms with Gasteiger partial charge < -0.3 is 18.3 Å². The summed E-state index contributed by atoms with van der Waals surface area (Å²) in [7, 11) is 0. The largest absolute Gasteiger partial charge is 0.460 e. The zero-order valence-electron chi connectivity index (χ0n) is 12.2. The van der Waals surface area contributed by atoms with Gasteiger partial charge in [0.25, 0.3) is 0 Å². The van der Waals surface area contributed by atoms with E-state index in [9.17, 15) is 9.59 Å². The lowest BCUT2D eigenvalue weighted by Gasteiger charge is -1.96. The molecule has 0 saturated heterocycles. The van der Waals surface area contributed by atoms with E-state index < -0.39 is 11.9 Å². The van der Waals surface area contributed by atoms with Crippen LogP contribution in [-0.2, 0) is 9.47 Å². The van der Waals surface area contributed by atoms with Gasteiger partial charge in [-0.3, -0.25) is 0 Å². The number of furan rings is 2. The summed E-state index contributed by atoms with van der Waals surface area (Å²) in [5.41, 5.74) is 0. The van der Waals surface area contributed by atoms with Gasteiger partial charge in [0, 0.05) is 6.07 Å². The number of hydrogen-bond acceptors (Lipinski definition) is 7. The predicted octanol–water partition coefficient (Wildman–Crippen LogP) is 2.98. The summed E-state index contributed by atoms with van der Waals surface area (Å²) in [4.78, 5) is 26.9. The molecule has 0 unspecified atom stereocenters. The molecule has 7 heteroatoms. The Morgan fingerprint density at radius 2 is 1.59 bits per heavy atom. The Morgan fingerprint density at radius 1 is 1.00 bits per heavy atom. The van der Waals surface area contributed by atoms with Crippen molar-refractivity contribution in [3.8, 4) is 0 Å². The van der Waals surface area contributed by atoms with Gasteiger partial charge >= 0.3 is 11.9 Å². The second-order valence-corrected chi connectivity index (χ2v) is 4.04. The molecule has 0 radical (unpaired) electrons. The third-order valence-electron chi connectivity index (χ3n) is 2.49. The van der Waals surface area contributed by atoms with Crippen molar-refractivity contribution in [3.05, 3.63) is 41.5 Å². The van der Waals surface area contributed by atoms with Crippen molar-refractivity contribution in [2.24, 2.45) is 4.99 Å². The molecule has 0 N–H and O–H groups in total. The highest BCUT2D eigenvalue weighted by Gasteiger charge is 2.12. The number of ether oxygens (including phenoxy) is 2. The van der Waals surface area contributed by atoms with Gasteiger partial charge in [0.15, 0.2) is 0 Å². The summed E-state index contributed by atoms with van der Waals surface area (Å²) in [5.74, 6) is -0.346. The van der Waals surface area contributed by atoms with E-state index in [0.717, 1.165) is 0 Å². The van der Waals surface area contributed by atoms with E-state index in [1.165, 1.54) is 24.4 Å². The molecule has 0 aliphatic heterocycles. The molecule has 7 nitrogen and oxygen atoms in total. The molecule has 0 saturated carbocycles. The van der Waals surface area contributed by atoms with Crippen LogP contribution in [0.25, 0.3) is 0 Å². The van der Waals surface area contributed by atoms with E-state index in [4.69, 9.17) is 18.3 Å². The average Bonchev–Trinajstić information content (AvgIpc) is 3.15. The van der Waals surface area contributed by atoms with Gasteiger partial charge in [-0.15, -0.1) is 0 Å². The zero-order chi connectivity index (χ0) is 15.9. The second-order valence-electron chi connectivity index (χ2n) is 4.04. The number of hydrogen-bond donors (Lipinski definition) is 0. The topological polar surface area (TPSA) is 91.2 Å². The molecular formula is C15H15NO6. The highest BCUT2D eigenvalue weighted by molar-refractivity contribution is 5.88. The molecule has 0 aromatic carbocycles. The molecule has 22 heavy (non-hydrogen) atoms. The summed E-state index contributed by atoms with van der Waals surface area (Å²) >= 11 is 0. The number of esters is 2. The van der Waals surface area contributed by atoms with Gasteiger partial charge in [0.05, 0.1) is 19.4 Å². The maximum absolute atomic E-state index is 11.4. The molecule has 0 fully saturated rings. The van der Waals surface area contributed by atoms with Gasteiger partial charge in [-0.05, 0) is 32.0 Å². The highest BCUT2D eigenvalue weighted by Crippen LogP contribution is 2.18. The van der Waals surface area contributed by atoms with E-state index in [0.29, 0.717) is 5.76 Å². The van der Waals surface area contributed by atoms with Crippen molar-refractivity contribution in [1.29, 1.82) is 0 Å². The fourth-order valence-electron chi connectivity index (χ4n) is 1.57. The molecule has 0 aliphatic carbocycles. The van der Waals surface area contributed by atoms with Gasteiger partial charge in [-0.2, -0.15) is 0 Å². The van der Waals surface area contributed by atoms with Crippen LogP contribution in [0.2, 0.25) is 0 Å². The van der Waals surface area contributed by atoms with Gasteiger partial charge in [0.2, 0.25) is 17.4 Å². The minimum atomic E-state index is -0.549. The lowest BCUT2D eigenvalue weighted by atomic mass is 10.4. The summed E-state index contributed by atoms with van der Waals surface area (Å²) in [6.07, 6.45) is 1.37. The SMILES string of the molecule is CCOC(=O)c1ccc(/C=N/c2ccc(C(=O)OCC)o2)o1. The van der Waals surface area contributed by atoms with Gasteiger partial charge in [0.1, 0.15) is 5.76 Å². The Morgan fingerprint density at radius 3 is 2.23 bits per heavy atom. The number of rotatable bonds is 6. The Kier molecular flexibility index (Phi) is 5.13. The van der Waals surface area contributed by atoms with Gasteiger partial charge in [-0.25, -0.2) is 14.6 Å². The summed E-state index contributed by atoms with van der Waals surface area (Å²) < 4.78 is 20.1. The molecule has 0 amide bonds. The van der Waals surface area contributed by atoms with Crippen molar-refractivity contribution in [2.45, 2.75) is 13.8 Å². The number of nitrogens with zero attached hydrogens (tertiary/aromatic N) is 1. The molecular weight excluding hydrogens is 290 g/mol. The lowest BCUT2D eigenvalue weighted by molar-refractivity contribution is 0.0481. The Bertz CT molecular complexity index is 624. The molecule has 0 atom stereocenters. The first kappa shape index (κ1) is 15.6. The monoisotopic (exact) mass is 305 g/mol. The van der Waals surface area contributed by atoms with Crippen molar-refractivity contribution in [3.63, 3.8) is 0 Å². The molecule has 2 aromatic heterocycles. The first-order valence-electron chi connectivity index (χ1n) is 6.72. The van der Waals surface area contributed by atoms with Crippen molar-refractivity contribution >= 4 is 24.0 Å². The van der Waals surface area contributed by atoms with E-state index in [1.807, 2.05) is 0 Å². The van der Waals surface area contributed by atoms with Crippen LogP contribution in [0.5, 0.6) is 0 Å².